The van der Waals surface area contributed by atoms with Crippen LogP contribution in [0.1, 0.15) is 12.5 Å². The Morgan fingerprint density at radius 2 is 1.81 bits per heavy atom. The SMILES string of the molecule is CC(=O)N1CCN(c2cc(Br)c(N)c(C(F)(F)F)c2)CC1. The summed E-state index contributed by atoms with van der Waals surface area (Å²) in [6.07, 6.45) is -4.50. The fourth-order valence-corrected chi connectivity index (χ4v) is 2.75. The maximum Gasteiger partial charge on any atom is 0.418 e. The Morgan fingerprint density at radius 3 is 2.29 bits per heavy atom. The molecular weight excluding hydrogens is 351 g/mol. The normalized spacial score (nSPS) is 16.2. The smallest absolute Gasteiger partial charge is 0.397 e. The first-order chi connectivity index (χ1) is 9.70. The van der Waals surface area contributed by atoms with Crippen LogP contribution in [0.15, 0.2) is 16.6 Å². The lowest BCUT2D eigenvalue weighted by Gasteiger charge is -2.36. The van der Waals surface area contributed by atoms with Crippen molar-refractivity contribution in [3.8, 4) is 0 Å². The Kier molecular flexibility index (Phi) is 4.36. The lowest BCUT2D eigenvalue weighted by Crippen LogP contribution is -2.48. The maximum absolute atomic E-state index is 13.0. The van der Waals surface area contributed by atoms with Gasteiger partial charge in [0.2, 0.25) is 5.91 Å². The van der Waals surface area contributed by atoms with E-state index < -0.39 is 11.7 Å². The Labute approximate surface area is 128 Å². The molecule has 0 aliphatic carbocycles. The first-order valence-electron chi connectivity index (χ1n) is 6.37. The minimum atomic E-state index is -4.50. The van der Waals surface area contributed by atoms with Gasteiger partial charge in [-0.2, -0.15) is 13.2 Å². The van der Waals surface area contributed by atoms with Gasteiger partial charge in [-0.1, -0.05) is 0 Å². The molecule has 1 saturated heterocycles. The van der Waals surface area contributed by atoms with E-state index in [1.54, 1.807) is 11.0 Å². The molecule has 0 spiro atoms. The highest BCUT2D eigenvalue weighted by atomic mass is 79.9. The van der Waals surface area contributed by atoms with Crippen molar-refractivity contribution in [3.63, 3.8) is 0 Å². The number of hydrogen-bond acceptors (Lipinski definition) is 3. The van der Waals surface area contributed by atoms with Gasteiger partial charge >= 0.3 is 6.18 Å². The van der Waals surface area contributed by atoms with Gasteiger partial charge in [0.25, 0.3) is 0 Å². The number of nitrogens with two attached hydrogens (primary N) is 1. The number of benzene rings is 1. The molecule has 1 aromatic carbocycles. The largest absolute Gasteiger partial charge is 0.418 e. The number of alkyl halides is 3. The molecule has 21 heavy (non-hydrogen) atoms. The second-order valence-corrected chi connectivity index (χ2v) is 5.73. The van der Waals surface area contributed by atoms with Crippen LogP contribution in [-0.2, 0) is 11.0 Å². The molecule has 0 bridgehead atoms. The Balaban J connectivity index is 2.26. The number of carbonyl (C=O) groups is 1. The van der Waals surface area contributed by atoms with Crippen molar-refractivity contribution in [2.75, 3.05) is 36.8 Å². The molecule has 1 aliphatic rings. The van der Waals surface area contributed by atoms with Crippen molar-refractivity contribution in [1.29, 1.82) is 0 Å². The molecule has 0 saturated carbocycles. The van der Waals surface area contributed by atoms with Crippen molar-refractivity contribution in [1.82, 2.24) is 4.90 Å². The number of nitrogen functional groups attached to an aromatic ring is 1. The summed E-state index contributed by atoms with van der Waals surface area (Å²) in [7, 11) is 0. The van der Waals surface area contributed by atoms with Crippen molar-refractivity contribution < 1.29 is 18.0 Å². The number of nitrogens with zero attached hydrogens (tertiary/aromatic N) is 2. The molecule has 1 fully saturated rings. The molecule has 1 aromatic rings. The van der Waals surface area contributed by atoms with E-state index >= 15 is 0 Å². The van der Waals surface area contributed by atoms with Gasteiger partial charge in [-0.3, -0.25) is 4.79 Å². The molecule has 4 nitrogen and oxygen atoms in total. The highest BCUT2D eigenvalue weighted by Crippen LogP contribution is 2.40. The van der Waals surface area contributed by atoms with E-state index in [0.717, 1.165) is 6.07 Å². The number of amides is 1. The van der Waals surface area contributed by atoms with Gasteiger partial charge in [-0.05, 0) is 28.1 Å². The Hall–Kier alpha value is -1.44. The van der Waals surface area contributed by atoms with Gasteiger partial charge in [-0.25, -0.2) is 0 Å². The van der Waals surface area contributed by atoms with Crippen LogP contribution < -0.4 is 10.6 Å². The average Bonchev–Trinajstić information content (AvgIpc) is 2.40. The predicted octanol–water partition coefficient (Wildman–Crippen LogP) is 2.72. The third-order valence-corrected chi connectivity index (χ3v) is 4.17. The lowest BCUT2D eigenvalue weighted by atomic mass is 10.1. The maximum atomic E-state index is 13.0. The zero-order valence-corrected chi connectivity index (χ0v) is 13.0. The minimum absolute atomic E-state index is 0.0240. The number of piperazine rings is 1. The fourth-order valence-electron chi connectivity index (χ4n) is 2.30. The number of rotatable bonds is 1. The quantitative estimate of drug-likeness (QED) is 0.778. The molecule has 2 rings (SSSR count). The molecule has 8 heteroatoms. The summed E-state index contributed by atoms with van der Waals surface area (Å²) < 4.78 is 39.1. The summed E-state index contributed by atoms with van der Waals surface area (Å²) in [5, 5.41) is 0. The summed E-state index contributed by atoms with van der Waals surface area (Å²) >= 11 is 3.07. The van der Waals surface area contributed by atoms with Crippen molar-refractivity contribution >= 4 is 33.2 Å². The number of carbonyl (C=O) groups excluding carboxylic acids is 1. The van der Waals surface area contributed by atoms with Crippen molar-refractivity contribution in [2.24, 2.45) is 0 Å². The van der Waals surface area contributed by atoms with Crippen LogP contribution in [-0.4, -0.2) is 37.0 Å². The predicted molar refractivity (Wildman–Crippen MR) is 78.0 cm³/mol. The number of anilines is 2. The number of halogens is 4. The second kappa shape index (κ2) is 5.75. The molecule has 0 atom stereocenters. The van der Waals surface area contributed by atoms with E-state index in [1.165, 1.54) is 6.92 Å². The molecule has 1 amide bonds. The van der Waals surface area contributed by atoms with Gasteiger partial charge in [-0.15, -0.1) is 0 Å². The summed E-state index contributed by atoms with van der Waals surface area (Å²) in [6, 6.07) is 2.64. The van der Waals surface area contributed by atoms with E-state index in [9.17, 15) is 18.0 Å². The monoisotopic (exact) mass is 365 g/mol. The molecule has 2 N–H and O–H groups in total. The molecule has 0 aromatic heterocycles. The standard InChI is InChI=1S/C13H15BrF3N3O/c1-8(21)19-2-4-20(5-3-19)9-6-10(13(15,16)17)12(18)11(14)7-9/h6-7H,2-5,18H2,1H3. The van der Waals surface area contributed by atoms with Crippen molar-refractivity contribution in [3.05, 3.63) is 22.2 Å². The zero-order chi connectivity index (χ0) is 15.8. The molecule has 0 unspecified atom stereocenters. The van der Waals surface area contributed by atoms with Crippen molar-refractivity contribution in [2.45, 2.75) is 13.1 Å². The molecule has 1 heterocycles. The van der Waals surface area contributed by atoms with Crippen LogP contribution in [0.5, 0.6) is 0 Å². The molecule has 116 valence electrons. The van der Waals surface area contributed by atoms with Gasteiger partial charge in [0, 0.05) is 43.3 Å². The van der Waals surface area contributed by atoms with Crippen LogP contribution in [0.25, 0.3) is 0 Å². The van der Waals surface area contributed by atoms with Crippen LogP contribution in [0.2, 0.25) is 0 Å². The first-order valence-corrected chi connectivity index (χ1v) is 7.16. The van der Waals surface area contributed by atoms with E-state index in [-0.39, 0.29) is 16.1 Å². The van der Waals surface area contributed by atoms with Crippen LogP contribution in [0.4, 0.5) is 24.5 Å². The second-order valence-electron chi connectivity index (χ2n) is 4.88. The van der Waals surface area contributed by atoms with E-state index in [1.807, 2.05) is 4.90 Å². The van der Waals surface area contributed by atoms with Gasteiger partial charge in [0.1, 0.15) is 0 Å². The Bertz CT molecular complexity index is 554. The summed E-state index contributed by atoms with van der Waals surface area (Å²) in [6.45, 7) is 3.47. The highest BCUT2D eigenvalue weighted by Gasteiger charge is 2.35. The highest BCUT2D eigenvalue weighted by molar-refractivity contribution is 9.10. The summed E-state index contributed by atoms with van der Waals surface area (Å²) in [5.41, 5.74) is 4.78. The third-order valence-electron chi connectivity index (χ3n) is 3.51. The van der Waals surface area contributed by atoms with E-state index in [0.29, 0.717) is 31.9 Å². The van der Waals surface area contributed by atoms with Gasteiger partial charge < -0.3 is 15.5 Å². The van der Waals surface area contributed by atoms with Crippen LogP contribution >= 0.6 is 15.9 Å². The van der Waals surface area contributed by atoms with Gasteiger partial charge in [0.15, 0.2) is 0 Å². The Morgan fingerprint density at radius 1 is 1.24 bits per heavy atom. The van der Waals surface area contributed by atoms with E-state index in [4.69, 9.17) is 5.73 Å². The molecule has 1 aliphatic heterocycles. The van der Waals surface area contributed by atoms with E-state index in [2.05, 4.69) is 15.9 Å². The fraction of sp³-hybridized carbons (Fsp3) is 0.462. The average molecular weight is 366 g/mol. The van der Waals surface area contributed by atoms with Crippen LogP contribution in [0, 0.1) is 0 Å². The molecular formula is C13H15BrF3N3O. The number of hydrogen-bond donors (Lipinski definition) is 1. The summed E-state index contributed by atoms with van der Waals surface area (Å²) in [4.78, 5) is 14.8. The lowest BCUT2D eigenvalue weighted by molar-refractivity contribution is -0.137. The third kappa shape index (κ3) is 3.42. The topological polar surface area (TPSA) is 49.6 Å². The first kappa shape index (κ1) is 15.9. The minimum Gasteiger partial charge on any atom is -0.397 e. The van der Waals surface area contributed by atoms with Gasteiger partial charge in [0.05, 0.1) is 11.3 Å². The zero-order valence-electron chi connectivity index (χ0n) is 11.4. The molecule has 0 radical (unpaired) electrons. The van der Waals surface area contributed by atoms with Crippen LogP contribution in [0.3, 0.4) is 0 Å². The summed E-state index contributed by atoms with van der Waals surface area (Å²) in [5.74, 6) is -0.0240.